The Labute approximate surface area is 111 Å². The van der Waals surface area contributed by atoms with Crippen LogP contribution in [0.4, 0.5) is 0 Å². The fourth-order valence-corrected chi connectivity index (χ4v) is 2.15. The number of benzene rings is 2. The summed E-state index contributed by atoms with van der Waals surface area (Å²) in [5.41, 5.74) is 3.37. The number of aryl methyl sites for hydroxylation is 1. The summed E-state index contributed by atoms with van der Waals surface area (Å²) in [6.07, 6.45) is 0.781. The van der Waals surface area contributed by atoms with Gasteiger partial charge in [-0.3, -0.25) is 0 Å². The van der Waals surface area contributed by atoms with Crippen molar-refractivity contribution in [3.8, 4) is 11.1 Å². The van der Waals surface area contributed by atoms with Crippen molar-refractivity contribution in [3.63, 3.8) is 0 Å². The van der Waals surface area contributed by atoms with Gasteiger partial charge in [0.15, 0.2) is 0 Å². The minimum Gasteiger partial charge on any atom is -0.478 e. The van der Waals surface area contributed by atoms with E-state index in [1.165, 1.54) is 0 Å². The Morgan fingerprint density at radius 3 is 2.61 bits per heavy atom. The van der Waals surface area contributed by atoms with Gasteiger partial charge in [-0.25, -0.2) is 4.79 Å². The summed E-state index contributed by atoms with van der Waals surface area (Å²) in [5, 5.41) is 9.67. The van der Waals surface area contributed by atoms with Gasteiger partial charge < -0.3 is 5.11 Å². The Balaban J connectivity index is 2.54. The molecular formula is C15H13ClO2. The number of rotatable bonds is 3. The molecule has 0 aromatic heterocycles. The van der Waals surface area contributed by atoms with E-state index in [0.29, 0.717) is 10.6 Å². The number of hydrogen-bond acceptors (Lipinski definition) is 1. The Morgan fingerprint density at radius 2 is 2.00 bits per heavy atom. The SMILES string of the molecule is CCc1cc(C(=O)O)ccc1-c1cccc(Cl)c1. The van der Waals surface area contributed by atoms with Crippen LogP contribution in [0.15, 0.2) is 42.5 Å². The van der Waals surface area contributed by atoms with Crippen LogP contribution in [0, 0.1) is 0 Å². The molecule has 0 radical (unpaired) electrons. The molecule has 0 saturated heterocycles. The Morgan fingerprint density at radius 1 is 1.22 bits per heavy atom. The number of carboxylic acids is 1. The highest BCUT2D eigenvalue weighted by Gasteiger charge is 2.09. The van der Waals surface area contributed by atoms with E-state index >= 15 is 0 Å². The van der Waals surface area contributed by atoms with Gasteiger partial charge in [-0.1, -0.05) is 36.7 Å². The molecule has 2 aromatic rings. The second-order valence-corrected chi connectivity index (χ2v) is 4.48. The van der Waals surface area contributed by atoms with Gasteiger partial charge >= 0.3 is 5.97 Å². The molecule has 0 heterocycles. The molecule has 18 heavy (non-hydrogen) atoms. The highest BCUT2D eigenvalue weighted by Crippen LogP contribution is 2.27. The largest absolute Gasteiger partial charge is 0.478 e. The highest BCUT2D eigenvalue weighted by molar-refractivity contribution is 6.30. The second-order valence-electron chi connectivity index (χ2n) is 4.04. The van der Waals surface area contributed by atoms with Gasteiger partial charge in [-0.2, -0.15) is 0 Å². The standard InChI is InChI=1S/C15H13ClO2/c1-2-10-8-12(15(17)18)6-7-14(10)11-4-3-5-13(16)9-11/h3-9H,2H2,1H3,(H,17,18). The predicted molar refractivity (Wildman–Crippen MR) is 73.2 cm³/mol. The molecule has 2 nitrogen and oxygen atoms in total. The average molecular weight is 261 g/mol. The van der Waals surface area contributed by atoms with Crippen LogP contribution in [0.2, 0.25) is 5.02 Å². The molecule has 0 aliphatic heterocycles. The van der Waals surface area contributed by atoms with Crippen LogP contribution in [0.3, 0.4) is 0 Å². The third kappa shape index (κ3) is 2.54. The van der Waals surface area contributed by atoms with Crippen molar-refractivity contribution in [1.82, 2.24) is 0 Å². The summed E-state index contributed by atoms with van der Waals surface area (Å²) in [6.45, 7) is 2.01. The van der Waals surface area contributed by atoms with E-state index in [4.69, 9.17) is 16.7 Å². The van der Waals surface area contributed by atoms with E-state index < -0.39 is 5.97 Å². The maximum atomic E-state index is 10.9. The van der Waals surface area contributed by atoms with Crippen molar-refractivity contribution in [2.75, 3.05) is 0 Å². The van der Waals surface area contributed by atoms with Crippen LogP contribution < -0.4 is 0 Å². The van der Waals surface area contributed by atoms with E-state index in [1.54, 1.807) is 12.1 Å². The fourth-order valence-electron chi connectivity index (χ4n) is 1.96. The maximum absolute atomic E-state index is 10.9. The van der Waals surface area contributed by atoms with Gasteiger partial charge in [0.05, 0.1) is 5.56 Å². The summed E-state index contributed by atoms with van der Waals surface area (Å²) >= 11 is 5.98. The molecule has 0 aliphatic rings. The molecule has 0 saturated carbocycles. The first-order valence-corrected chi connectivity index (χ1v) is 6.11. The third-order valence-electron chi connectivity index (χ3n) is 2.87. The zero-order valence-corrected chi connectivity index (χ0v) is 10.7. The predicted octanol–water partition coefficient (Wildman–Crippen LogP) is 4.27. The number of carbonyl (C=O) groups is 1. The summed E-state index contributed by atoms with van der Waals surface area (Å²) in [6, 6.07) is 12.8. The molecule has 0 atom stereocenters. The Kier molecular flexibility index (Phi) is 3.68. The minimum atomic E-state index is -0.901. The number of aromatic carboxylic acids is 1. The molecule has 1 N–H and O–H groups in total. The van der Waals surface area contributed by atoms with Crippen molar-refractivity contribution in [2.24, 2.45) is 0 Å². The quantitative estimate of drug-likeness (QED) is 0.895. The molecule has 0 spiro atoms. The highest BCUT2D eigenvalue weighted by atomic mass is 35.5. The lowest BCUT2D eigenvalue weighted by Gasteiger charge is -2.09. The molecule has 2 rings (SSSR count). The van der Waals surface area contributed by atoms with Crippen molar-refractivity contribution in [3.05, 3.63) is 58.6 Å². The maximum Gasteiger partial charge on any atom is 0.335 e. The average Bonchev–Trinajstić information content (AvgIpc) is 2.37. The molecule has 0 aliphatic carbocycles. The zero-order chi connectivity index (χ0) is 13.1. The van der Waals surface area contributed by atoms with Gasteiger partial charge in [-0.15, -0.1) is 0 Å². The summed E-state index contributed by atoms with van der Waals surface area (Å²) in [5.74, 6) is -0.901. The van der Waals surface area contributed by atoms with Gasteiger partial charge in [0.1, 0.15) is 0 Å². The first-order chi connectivity index (χ1) is 8.61. The lowest BCUT2D eigenvalue weighted by Crippen LogP contribution is -1.98. The van der Waals surface area contributed by atoms with Crippen LogP contribution in [0.25, 0.3) is 11.1 Å². The molecule has 2 aromatic carbocycles. The van der Waals surface area contributed by atoms with Crippen molar-refractivity contribution >= 4 is 17.6 Å². The number of carboxylic acid groups (broad SMARTS) is 1. The molecule has 0 amide bonds. The third-order valence-corrected chi connectivity index (χ3v) is 3.10. The van der Waals surface area contributed by atoms with Crippen LogP contribution in [-0.4, -0.2) is 11.1 Å². The van der Waals surface area contributed by atoms with Gasteiger partial charge in [0.25, 0.3) is 0 Å². The van der Waals surface area contributed by atoms with Crippen LogP contribution in [0.5, 0.6) is 0 Å². The van der Waals surface area contributed by atoms with Crippen molar-refractivity contribution < 1.29 is 9.90 Å². The zero-order valence-electron chi connectivity index (χ0n) is 9.98. The molecule has 0 fully saturated rings. The van der Waals surface area contributed by atoms with Gasteiger partial charge in [-0.05, 0) is 47.4 Å². The first kappa shape index (κ1) is 12.7. The number of halogens is 1. The lowest BCUT2D eigenvalue weighted by atomic mass is 9.96. The molecule has 0 bridgehead atoms. The lowest BCUT2D eigenvalue weighted by molar-refractivity contribution is 0.0697. The summed E-state index contributed by atoms with van der Waals surface area (Å²) in [7, 11) is 0. The first-order valence-electron chi connectivity index (χ1n) is 5.74. The van der Waals surface area contributed by atoms with E-state index in [-0.39, 0.29) is 0 Å². The summed E-state index contributed by atoms with van der Waals surface area (Å²) in [4.78, 5) is 10.9. The van der Waals surface area contributed by atoms with Crippen LogP contribution >= 0.6 is 11.6 Å². The Bertz CT molecular complexity index is 591. The van der Waals surface area contributed by atoms with E-state index in [1.807, 2.05) is 37.3 Å². The van der Waals surface area contributed by atoms with Crippen LogP contribution in [0.1, 0.15) is 22.8 Å². The van der Waals surface area contributed by atoms with E-state index in [9.17, 15) is 4.79 Å². The molecular weight excluding hydrogens is 248 g/mol. The smallest absolute Gasteiger partial charge is 0.335 e. The number of hydrogen-bond donors (Lipinski definition) is 1. The summed E-state index contributed by atoms with van der Waals surface area (Å²) < 4.78 is 0. The monoisotopic (exact) mass is 260 g/mol. The second kappa shape index (κ2) is 5.23. The molecule has 92 valence electrons. The normalized spacial score (nSPS) is 10.3. The van der Waals surface area contributed by atoms with Gasteiger partial charge in [0.2, 0.25) is 0 Å². The van der Waals surface area contributed by atoms with Crippen LogP contribution in [-0.2, 0) is 6.42 Å². The van der Waals surface area contributed by atoms with E-state index in [2.05, 4.69) is 0 Å². The Hall–Kier alpha value is -1.80. The van der Waals surface area contributed by atoms with E-state index in [0.717, 1.165) is 23.1 Å². The van der Waals surface area contributed by atoms with Gasteiger partial charge in [0, 0.05) is 5.02 Å². The fraction of sp³-hybridized carbons (Fsp3) is 0.133. The molecule has 3 heteroatoms. The van der Waals surface area contributed by atoms with Crippen molar-refractivity contribution in [1.29, 1.82) is 0 Å². The minimum absolute atomic E-state index is 0.317. The van der Waals surface area contributed by atoms with Crippen molar-refractivity contribution in [2.45, 2.75) is 13.3 Å². The topological polar surface area (TPSA) is 37.3 Å². The molecule has 0 unspecified atom stereocenters.